The Kier molecular flexibility index (Phi) is 6.14. The van der Waals surface area contributed by atoms with Gasteiger partial charge in [-0.1, -0.05) is 52.3 Å². The number of carbonyl (C=O) groups excluding carboxylic acids is 1. The molecule has 0 spiro atoms. The van der Waals surface area contributed by atoms with Crippen molar-refractivity contribution < 1.29 is 18.7 Å². The molecule has 0 radical (unpaired) electrons. The molecule has 0 saturated heterocycles. The van der Waals surface area contributed by atoms with Gasteiger partial charge in [0, 0.05) is 27.9 Å². The molecule has 4 rings (SSSR count). The van der Waals surface area contributed by atoms with Gasteiger partial charge in [-0.05, 0) is 41.5 Å². The Hall–Kier alpha value is -3.12. The molecule has 0 aliphatic rings. The fourth-order valence-electron chi connectivity index (χ4n) is 3.33. The van der Waals surface area contributed by atoms with Gasteiger partial charge in [0.2, 0.25) is 0 Å². The molecule has 4 aromatic rings. The van der Waals surface area contributed by atoms with Crippen LogP contribution in [0.1, 0.15) is 18.4 Å². The summed E-state index contributed by atoms with van der Waals surface area (Å²) in [5.74, 6) is 0.404. The zero-order valence-corrected chi connectivity index (χ0v) is 17.7. The van der Waals surface area contributed by atoms with Gasteiger partial charge in [-0.15, -0.1) is 0 Å². The number of hydrogen-bond donors (Lipinski definition) is 0. The van der Waals surface area contributed by atoms with Crippen LogP contribution in [-0.4, -0.2) is 12.6 Å². The van der Waals surface area contributed by atoms with Gasteiger partial charge >= 0.3 is 11.6 Å². The van der Waals surface area contributed by atoms with Crippen molar-refractivity contribution in [2.24, 2.45) is 0 Å². The van der Waals surface area contributed by atoms with E-state index in [0.717, 1.165) is 26.4 Å². The van der Waals surface area contributed by atoms with Gasteiger partial charge in [-0.25, -0.2) is 4.79 Å². The third kappa shape index (κ3) is 4.71. The predicted octanol–water partition coefficient (Wildman–Crippen LogP) is 5.61. The fourth-order valence-corrected chi connectivity index (χ4v) is 3.71. The molecular formula is C24H19BrO5. The number of hydrogen-bond acceptors (Lipinski definition) is 5. The molecule has 0 bridgehead atoms. The number of ether oxygens (including phenoxy) is 2. The Labute approximate surface area is 181 Å². The molecule has 0 unspecified atom stereocenters. The number of carbonyl (C=O) groups is 1. The van der Waals surface area contributed by atoms with Gasteiger partial charge in [-0.3, -0.25) is 4.79 Å². The van der Waals surface area contributed by atoms with Crippen LogP contribution in [0.25, 0.3) is 21.7 Å². The monoisotopic (exact) mass is 466 g/mol. The van der Waals surface area contributed by atoms with Crippen molar-refractivity contribution >= 4 is 43.6 Å². The molecule has 1 aromatic heterocycles. The normalized spacial score (nSPS) is 11.0. The molecule has 5 nitrogen and oxygen atoms in total. The van der Waals surface area contributed by atoms with Crippen LogP contribution in [0.5, 0.6) is 5.75 Å². The van der Waals surface area contributed by atoms with E-state index in [2.05, 4.69) is 15.9 Å². The second-order valence-electron chi connectivity index (χ2n) is 6.82. The molecule has 0 aliphatic heterocycles. The molecule has 0 aliphatic carbocycles. The van der Waals surface area contributed by atoms with E-state index in [1.165, 1.54) is 6.07 Å². The molecule has 6 heteroatoms. The van der Waals surface area contributed by atoms with Crippen molar-refractivity contribution in [1.29, 1.82) is 0 Å². The van der Waals surface area contributed by atoms with Gasteiger partial charge in [0.05, 0.1) is 6.61 Å². The third-order valence-corrected chi connectivity index (χ3v) is 5.19. The van der Waals surface area contributed by atoms with E-state index < -0.39 is 5.63 Å². The SMILES string of the molecule is O=C(CCCOc1cccc(Br)c1)OCc1cc(=O)oc2ccc3ccccc3c12. The summed E-state index contributed by atoms with van der Waals surface area (Å²) in [6, 6.07) is 20.4. The molecule has 0 fully saturated rings. The van der Waals surface area contributed by atoms with Crippen molar-refractivity contribution in [2.75, 3.05) is 6.61 Å². The van der Waals surface area contributed by atoms with Gasteiger partial charge in [0.15, 0.2) is 0 Å². The minimum atomic E-state index is -0.466. The zero-order valence-electron chi connectivity index (χ0n) is 16.1. The largest absolute Gasteiger partial charge is 0.494 e. The molecule has 30 heavy (non-hydrogen) atoms. The molecule has 1 heterocycles. The minimum Gasteiger partial charge on any atom is -0.494 e. The highest BCUT2D eigenvalue weighted by Crippen LogP contribution is 2.27. The van der Waals surface area contributed by atoms with Crippen LogP contribution in [-0.2, 0) is 16.1 Å². The second-order valence-corrected chi connectivity index (χ2v) is 7.74. The van der Waals surface area contributed by atoms with E-state index in [0.29, 0.717) is 24.2 Å². The number of rotatable bonds is 7. The summed E-state index contributed by atoms with van der Waals surface area (Å²) in [5.41, 5.74) is 0.651. The smallest absolute Gasteiger partial charge is 0.336 e. The van der Waals surface area contributed by atoms with Crippen LogP contribution >= 0.6 is 15.9 Å². The van der Waals surface area contributed by atoms with E-state index in [4.69, 9.17) is 13.9 Å². The molecular weight excluding hydrogens is 448 g/mol. The lowest BCUT2D eigenvalue weighted by atomic mass is 10.0. The van der Waals surface area contributed by atoms with Crippen LogP contribution < -0.4 is 10.4 Å². The summed E-state index contributed by atoms with van der Waals surface area (Å²) in [7, 11) is 0. The van der Waals surface area contributed by atoms with E-state index in [1.807, 2.05) is 54.6 Å². The lowest BCUT2D eigenvalue weighted by Gasteiger charge is -2.10. The fraction of sp³-hybridized carbons (Fsp3) is 0.167. The average Bonchev–Trinajstić information content (AvgIpc) is 2.74. The van der Waals surface area contributed by atoms with Crippen LogP contribution in [0, 0.1) is 0 Å². The summed E-state index contributed by atoms with van der Waals surface area (Å²) >= 11 is 3.39. The number of esters is 1. The number of benzene rings is 3. The van der Waals surface area contributed by atoms with Crippen molar-refractivity contribution in [3.05, 3.63) is 87.2 Å². The second kappa shape index (κ2) is 9.13. The van der Waals surface area contributed by atoms with E-state index in [9.17, 15) is 9.59 Å². The minimum absolute atomic E-state index is 0.0153. The Morgan fingerprint density at radius 1 is 1.00 bits per heavy atom. The zero-order chi connectivity index (χ0) is 20.9. The summed E-state index contributed by atoms with van der Waals surface area (Å²) < 4.78 is 17.3. The van der Waals surface area contributed by atoms with Crippen molar-refractivity contribution in [1.82, 2.24) is 0 Å². The third-order valence-electron chi connectivity index (χ3n) is 4.69. The van der Waals surface area contributed by atoms with Gasteiger partial charge in [0.1, 0.15) is 17.9 Å². The first kappa shape index (κ1) is 20.2. The maximum atomic E-state index is 12.2. The number of halogens is 1. The Bertz CT molecular complexity index is 1260. The quantitative estimate of drug-likeness (QED) is 0.153. The summed E-state index contributed by atoms with van der Waals surface area (Å²) in [5, 5.41) is 2.77. The topological polar surface area (TPSA) is 65.7 Å². The van der Waals surface area contributed by atoms with Crippen molar-refractivity contribution in [2.45, 2.75) is 19.4 Å². The molecule has 0 saturated carbocycles. The molecule has 0 N–H and O–H groups in total. The first-order valence-corrected chi connectivity index (χ1v) is 10.4. The Balaban J connectivity index is 1.40. The van der Waals surface area contributed by atoms with Gasteiger partial charge in [-0.2, -0.15) is 0 Å². The maximum Gasteiger partial charge on any atom is 0.336 e. The van der Waals surface area contributed by atoms with Crippen LogP contribution in [0.4, 0.5) is 0 Å². The van der Waals surface area contributed by atoms with Gasteiger partial charge < -0.3 is 13.9 Å². The number of fused-ring (bicyclic) bond motifs is 3. The van der Waals surface area contributed by atoms with Gasteiger partial charge in [0.25, 0.3) is 0 Å². The van der Waals surface area contributed by atoms with Crippen LogP contribution in [0.2, 0.25) is 0 Å². The van der Waals surface area contributed by atoms with E-state index in [1.54, 1.807) is 6.07 Å². The predicted molar refractivity (Wildman–Crippen MR) is 119 cm³/mol. The Morgan fingerprint density at radius 3 is 2.73 bits per heavy atom. The summed E-state index contributed by atoms with van der Waals surface area (Å²) in [6.07, 6.45) is 0.764. The van der Waals surface area contributed by atoms with E-state index in [-0.39, 0.29) is 19.0 Å². The standard InChI is InChI=1S/C24H19BrO5/c25-18-6-3-7-19(14-18)28-12-4-9-22(26)29-15-17-13-23(27)30-21-11-10-16-5-1-2-8-20(16)24(17)21/h1-3,5-8,10-11,13-14H,4,9,12,15H2. The molecule has 3 aromatic carbocycles. The average molecular weight is 467 g/mol. The van der Waals surface area contributed by atoms with Crippen LogP contribution in [0.3, 0.4) is 0 Å². The first-order valence-electron chi connectivity index (χ1n) is 9.58. The lowest BCUT2D eigenvalue weighted by molar-refractivity contribution is -0.145. The summed E-state index contributed by atoms with van der Waals surface area (Å²) in [6.45, 7) is 0.426. The van der Waals surface area contributed by atoms with Crippen LogP contribution in [0.15, 0.2) is 80.4 Å². The highest BCUT2D eigenvalue weighted by molar-refractivity contribution is 9.10. The molecule has 152 valence electrons. The molecule has 0 atom stereocenters. The Morgan fingerprint density at radius 2 is 1.87 bits per heavy atom. The maximum absolute atomic E-state index is 12.2. The molecule has 0 amide bonds. The highest BCUT2D eigenvalue weighted by Gasteiger charge is 2.12. The van der Waals surface area contributed by atoms with Crippen molar-refractivity contribution in [3.8, 4) is 5.75 Å². The summed E-state index contributed by atoms with van der Waals surface area (Å²) in [4.78, 5) is 24.1. The highest BCUT2D eigenvalue weighted by atomic mass is 79.9. The first-order chi connectivity index (χ1) is 14.6. The lowest BCUT2D eigenvalue weighted by Crippen LogP contribution is -2.09. The van der Waals surface area contributed by atoms with E-state index >= 15 is 0 Å². The van der Waals surface area contributed by atoms with Crippen molar-refractivity contribution in [3.63, 3.8) is 0 Å².